The molecule has 1 heterocycles. The van der Waals surface area contributed by atoms with Crippen LogP contribution in [0, 0.1) is 10.5 Å². The predicted molar refractivity (Wildman–Crippen MR) is 79.7 cm³/mol. The second kappa shape index (κ2) is 5.65. The highest BCUT2D eigenvalue weighted by Gasteiger charge is 2.14. The molecule has 1 aromatic heterocycles. The van der Waals surface area contributed by atoms with Crippen LogP contribution in [0.3, 0.4) is 0 Å². The molecule has 0 amide bonds. The van der Waals surface area contributed by atoms with Gasteiger partial charge in [-0.2, -0.15) is 0 Å². The molecule has 0 fully saturated rings. The van der Waals surface area contributed by atoms with Crippen LogP contribution < -0.4 is 0 Å². The molecule has 1 atom stereocenters. The molecule has 5 heteroatoms. The normalized spacial score (nSPS) is 12.7. The van der Waals surface area contributed by atoms with Crippen molar-refractivity contribution in [1.29, 1.82) is 0 Å². The first kappa shape index (κ1) is 13.3. The number of thiazole rings is 1. The smallest absolute Gasteiger partial charge is 0.0897 e. The third kappa shape index (κ3) is 3.40. The van der Waals surface area contributed by atoms with Crippen molar-refractivity contribution in [2.75, 3.05) is 0 Å². The van der Waals surface area contributed by atoms with Crippen LogP contribution in [0.5, 0.6) is 0 Å². The van der Waals surface area contributed by atoms with Gasteiger partial charge in [-0.15, -0.1) is 11.3 Å². The Balaban J connectivity index is 2.19. The van der Waals surface area contributed by atoms with Crippen molar-refractivity contribution in [1.82, 2.24) is 4.98 Å². The zero-order valence-electron chi connectivity index (χ0n) is 9.15. The number of benzene rings is 1. The maximum atomic E-state index is 10.2. The molecule has 2 rings (SSSR count). The van der Waals surface area contributed by atoms with Gasteiger partial charge in [0.2, 0.25) is 0 Å². The van der Waals surface area contributed by atoms with Crippen molar-refractivity contribution in [3.63, 3.8) is 0 Å². The van der Waals surface area contributed by atoms with Crippen molar-refractivity contribution >= 4 is 45.5 Å². The van der Waals surface area contributed by atoms with Gasteiger partial charge in [-0.1, -0.05) is 11.6 Å². The molecule has 1 unspecified atom stereocenters. The summed E-state index contributed by atoms with van der Waals surface area (Å²) in [4.78, 5) is 4.35. The van der Waals surface area contributed by atoms with Gasteiger partial charge in [-0.25, -0.2) is 4.98 Å². The molecule has 1 aromatic carbocycles. The van der Waals surface area contributed by atoms with E-state index in [4.69, 9.17) is 11.6 Å². The summed E-state index contributed by atoms with van der Waals surface area (Å²) >= 11 is 9.74. The van der Waals surface area contributed by atoms with Gasteiger partial charge in [-0.3, -0.25) is 0 Å². The average molecular weight is 380 g/mol. The lowest BCUT2D eigenvalue weighted by Crippen LogP contribution is -2.04. The third-order valence-corrected chi connectivity index (χ3v) is 4.43. The van der Waals surface area contributed by atoms with Gasteiger partial charge in [0, 0.05) is 20.4 Å². The number of hydrogen-bond acceptors (Lipinski definition) is 3. The van der Waals surface area contributed by atoms with Crippen LogP contribution in [-0.2, 0) is 6.42 Å². The summed E-state index contributed by atoms with van der Waals surface area (Å²) in [7, 11) is 0. The van der Waals surface area contributed by atoms with Crippen molar-refractivity contribution in [3.8, 4) is 0 Å². The molecule has 0 aliphatic carbocycles. The lowest BCUT2D eigenvalue weighted by molar-refractivity contribution is 0.176. The van der Waals surface area contributed by atoms with Crippen molar-refractivity contribution in [2.24, 2.45) is 0 Å². The van der Waals surface area contributed by atoms with Crippen LogP contribution in [-0.4, -0.2) is 10.1 Å². The molecule has 0 saturated carbocycles. The molecule has 2 aromatic rings. The van der Waals surface area contributed by atoms with Crippen LogP contribution in [0.4, 0.5) is 0 Å². The van der Waals surface area contributed by atoms with Gasteiger partial charge < -0.3 is 5.11 Å². The van der Waals surface area contributed by atoms with E-state index in [1.165, 1.54) is 0 Å². The molecule has 1 N–H and O–H groups in total. The van der Waals surface area contributed by atoms with E-state index in [9.17, 15) is 5.11 Å². The van der Waals surface area contributed by atoms with Gasteiger partial charge in [0.15, 0.2) is 0 Å². The zero-order chi connectivity index (χ0) is 12.4. The first-order valence-corrected chi connectivity index (χ1v) is 7.44. The first-order valence-electron chi connectivity index (χ1n) is 5.10. The van der Waals surface area contributed by atoms with E-state index in [0.717, 1.165) is 19.8 Å². The Hall–Kier alpha value is -0.170. The van der Waals surface area contributed by atoms with Crippen LogP contribution in [0.2, 0.25) is 5.02 Å². The molecule has 0 aliphatic rings. The molecular formula is C12H11ClINOS. The summed E-state index contributed by atoms with van der Waals surface area (Å²) in [5.74, 6) is 0. The summed E-state index contributed by atoms with van der Waals surface area (Å²) in [5.41, 5.74) is 1.79. The molecular weight excluding hydrogens is 369 g/mol. The van der Waals surface area contributed by atoms with Crippen molar-refractivity contribution < 1.29 is 5.11 Å². The molecule has 0 bridgehead atoms. The van der Waals surface area contributed by atoms with Gasteiger partial charge in [-0.05, 0) is 53.3 Å². The Bertz CT molecular complexity index is 529. The van der Waals surface area contributed by atoms with E-state index in [1.54, 1.807) is 11.3 Å². The Morgan fingerprint density at radius 3 is 2.94 bits per heavy atom. The van der Waals surface area contributed by atoms with E-state index >= 15 is 0 Å². The minimum Gasteiger partial charge on any atom is -0.388 e. The SMILES string of the molecule is Cc1nc(CC(O)c2cc(Cl)ccc2I)cs1. The highest BCUT2D eigenvalue weighted by atomic mass is 127. The van der Waals surface area contributed by atoms with Crippen LogP contribution in [0.25, 0.3) is 0 Å². The number of halogens is 2. The Kier molecular flexibility index (Phi) is 4.41. The number of aromatic nitrogens is 1. The topological polar surface area (TPSA) is 33.1 Å². The van der Waals surface area contributed by atoms with Gasteiger partial charge in [0.1, 0.15) is 0 Å². The number of aryl methyl sites for hydroxylation is 1. The minimum absolute atomic E-state index is 0.528. The second-order valence-electron chi connectivity index (χ2n) is 3.74. The number of aliphatic hydroxyl groups excluding tert-OH is 1. The quantitative estimate of drug-likeness (QED) is 0.818. The highest BCUT2D eigenvalue weighted by Crippen LogP contribution is 2.26. The predicted octanol–water partition coefficient (Wildman–Crippen LogP) is 3.99. The summed E-state index contributed by atoms with van der Waals surface area (Å²) < 4.78 is 1.02. The lowest BCUT2D eigenvalue weighted by Gasteiger charge is -2.12. The van der Waals surface area contributed by atoms with E-state index in [1.807, 2.05) is 30.5 Å². The van der Waals surface area contributed by atoms with E-state index in [2.05, 4.69) is 27.6 Å². The zero-order valence-corrected chi connectivity index (χ0v) is 12.9. The van der Waals surface area contributed by atoms with E-state index < -0.39 is 6.10 Å². The van der Waals surface area contributed by atoms with Crippen LogP contribution in [0.1, 0.15) is 22.4 Å². The van der Waals surface area contributed by atoms with Crippen molar-refractivity contribution in [2.45, 2.75) is 19.4 Å². The van der Waals surface area contributed by atoms with Crippen LogP contribution >= 0.6 is 45.5 Å². The summed E-state index contributed by atoms with van der Waals surface area (Å²) in [6.07, 6.45) is -0.0252. The fourth-order valence-electron chi connectivity index (χ4n) is 1.58. The molecule has 0 radical (unpaired) electrons. The molecule has 0 saturated heterocycles. The number of nitrogens with zero attached hydrogens (tertiary/aromatic N) is 1. The summed E-state index contributed by atoms with van der Waals surface area (Å²) in [5, 5.41) is 13.8. The number of rotatable bonds is 3. The molecule has 0 spiro atoms. The summed E-state index contributed by atoms with van der Waals surface area (Å²) in [6.45, 7) is 1.96. The maximum absolute atomic E-state index is 10.2. The van der Waals surface area contributed by atoms with Gasteiger partial charge >= 0.3 is 0 Å². The highest BCUT2D eigenvalue weighted by molar-refractivity contribution is 14.1. The minimum atomic E-state index is -0.554. The molecule has 0 aliphatic heterocycles. The average Bonchev–Trinajstić information content (AvgIpc) is 2.67. The molecule has 2 nitrogen and oxygen atoms in total. The Morgan fingerprint density at radius 2 is 2.29 bits per heavy atom. The fourth-order valence-corrected chi connectivity index (χ4v) is 3.08. The van der Waals surface area contributed by atoms with E-state index in [-0.39, 0.29) is 0 Å². The van der Waals surface area contributed by atoms with Gasteiger partial charge in [0.25, 0.3) is 0 Å². The third-order valence-electron chi connectivity index (χ3n) is 2.39. The molecule has 17 heavy (non-hydrogen) atoms. The molecule has 90 valence electrons. The van der Waals surface area contributed by atoms with Gasteiger partial charge in [0.05, 0.1) is 16.8 Å². The lowest BCUT2D eigenvalue weighted by atomic mass is 10.1. The second-order valence-corrected chi connectivity index (χ2v) is 6.40. The largest absolute Gasteiger partial charge is 0.388 e. The van der Waals surface area contributed by atoms with Crippen LogP contribution in [0.15, 0.2) is 23.6 Å². The van der Waals surface area contributed by atoms with E-state index in [0.29, 0.717) is 11.4 Å². The monoisotopic (exact) mass is 379 g/mol. The van der Waals surface area contributed by atoms with Crippen molar-refractivity contribution in [3.05, 3.63) is 48.4 Å². The number of hydrogen-bond donors (Lipinski definition) is 1. The number of aliphatic hydroxyl groups is 1. The first-order chi connectivity index (χ1) is 8.06. The maximum Gasteiger partial charge on any atom is 0.0897 e. The fraction of sp³-hybridized carbons (Fsp3) is 0.250. The Labute approximate surface area is 123 Å². The summed E-state index contributed by atoms with van der Waals surface area (Å²) in [6, 6.07) is 5.55. The Morgan fingerprint density at radius 1 is 1.53 bits per heavy atom. The standard InChI is InChI=1S/C12H11ClINOS/c1-7-15-9(6-17-7)5-12(16)10-4-8(13)2-3-11(10)14/h2-4,6,12,16H,5H2,1H3.